The van der Waals surface area contributed by atoms with E-state index in [0.717, 1.165) is 5.69 Å². The lowest BCUT2D eigenvalue weighted by atomic mass is 10.2. The van der Waals surface area contributed by atoms with Crippen LogP contribution in [0.2, 0.25) is 5.02 Å². The molecule has 0 heterocycles. The van der Waals surface area contributed by atoms with Gasteiger partial charge in [0.2, 0.25) is 0 Å². The van der Waals surface area contributed by atoms with Crippen molar-refractivity contribution in [2.75, 3.05) is 18.0 Å². The van der Waals surface area contributed by atoms with Gasteiger partial charge in [-0.3, -0.25) is 4.79 Å². The number of anilines is 1. The van der Waals surface area contributed by atoms with Gasteiger partial charge in [-0.1, -0.05) is 17.5 Å². The zero-order valence-corrected chi connectivity index (χ0v) is 9.44. The molecule has 0 aliphatic rings. The minimum absolute atomic E-state index is 0.0598. The number of carboxylic acids is 1. The standard InChI is InChI=1S/C12H12ClNO2/c1-2-8-14(9-7-12(15)16)11-5-3-10(13)4-6-11/h1,3-6H,7-9H2,(H,15,16). The van der Waals surface area contributed by atoms with Gasteiger partial charge in [-0.25, -0.2) is 0 Å². The smallest absolute Gasteiger partial charge is 0.305 e. The third kappa shape index (κ3) is 3.84. The van der Waals surface area contributed by atoms with Crippen molar-refractivity contribution in [3.63, 3.8) is 0 Å². The fourth-order valence-electron chi connectivity index (χ4n) is 1.29. The third-order valence-corrected chi connectivity index (χ3v) is 2.32. The molecule has 0 amide bonds. The Morgan fingerprint density at radius 2 is 2.06 bits per heavy atom. The van der Waals surface area contributed by atoms with Crippen LogP contribution in [0.5, 0.6) is 0 Å². The maximum absolute atomic E-state index is 10.5. The normalized spacial score (nSPS) is 9.50. The van der Waals surface area contributed by atoms with E-state index in [4.69, 9.17) is 23.1 Å². The monoisotopic (exact) mass is 237 g/mol. The first-order valence-corrected chi connectivity index (χ1v) is 5.17. The summed E-state index contributed by atoms with van der Waals surface area (Å²) >= 11 is 5.77. The Morgan fingerprint density at radius 3 is 2.56 bits per heavy atom. The van der Waals surface area contributed by atoms with Crippen molar-refractivity contribution in [1.82, 2.24) is 0 Å². The molecule has 0 aromatic heterocycles. The van der Waals surface area contributed by atoms with E-state index < -0.39 is 5.97 Å². The molecular weight excluding hydrogens is 226 g/mol. The van der Waals surface area contributed by atoms with Gasteiger partial charge in [0.05, 0.1) is 13.0 Å². The van der Waals surface area contributed by atoms with Crippen molar-refractivity contribution in [3.05, 3.63) is 29.3 Å². The predicted molar refractivity (Wildman–Crippen MR) is 64.8 cm³/mol. The summed E-state index contributed by atoms with van der Waals surface area (Å²) in [5.74, 6) is 1.67. The first-order valence-electron chi connectivity index (χ1n) is 4.79. The molecule has 1 aromatic carbocycles. The van der Waals surface area contributed by atoms with Crippen molar-refractivity contribution in [1.29, 1.82) is 0 Å². The number of hydrogen-bond acceptors (Lipinski definition) is 2. The van der Waals surface area contributed by atoms with Crippen molar-refractivity contribution >= 4 is 23.3 Å². The van der Waals surface area contributed by atoms with E-state index in [1.807, 2.05) is 17.0 Å². The third-order valence-electron chi connectivity index (χ3n) is 2.07. The highest BCUT2D eigenvalue weighted by molar-refractivity contribution is 6.30. The second-order valence-electron chi connectivity index (χ2n) is 3.25. The van der Waals surface area contributed by atoms with Crippen LogP contribution < -0.4 is 4.90 Å². The Hall–Kier alpha value is -1.66. The quantitative estimate of drug-likeness (QED) is 0.799. The highest BCUT2D eigenvalue weighted by Gasteiger charge is 2.07. The first kappa shape index (κ1) is 12.4. The summed E-state index contributed by atoms with van der Waals surface area (Å²) in [6.07, 6.45) is 5.30. The molecule has 3 nitrogen and oxygen atoms in total. The minimum Gasteiger partial charge on any atom is -0.481 e. The minimum atomic E-state index is -0.837. The summed E-state index contributed by atoms with van der Waals surface area (Å²) in [7, 11) is 0. The predicted octanol–water partition coefficient (Wildman–Crippen LogP) is 2.25. The lowest BCUT2D eigenvalue weighted by Gasteiger charge is -2.21. The number of nitrogens with zero attached hydrogens (tertiary/aromatic N) is 1. The van der Waals surface area contributed by atoms with Gasteiger partial charge in [-0.05, 0) is 24.3 Å². The Bertz CT molecular complexity index is 394. The molecule has 0 radical (unpaired) electrons. The largest absolute Gasteiger partial charge is 0.481 e. The molecule has 0 atom stereocenters. The average molecular weight is 238 g/mol. The summed E-state index contributed by atoms with van der Waals surface area (Å²) in [5, 5.41) is 9.26. The van der Waals surface area contributed by atoms with Crippen LogP contribution in [0, 0.1) is 12.3 Å². The highest BCUT2D eigenvalue weighted by atomic mass is 35.5. The van der Waals surface area contributed by atoms with Crippen LogP contribution >= 0.6 is 11.6 Å². The number of aliphatic carboxylic acids is 1. The molecule has 1 aromatic rings. The molecule has 0 saturated heterocycles. The molecule has 0 saturated carbocycles. The van der Waals surface area contributed by atoms with Gasteiger partial charge in [0.25, 0.3) is 0 Å². The van der Waals surface area contributed by atoms with Crippen molar-refractivity contribution in [2.24, 2.45) is 0 Å². The van der Waals surface area contributed by atoms with Crippen LogP contribution in [0.3, 0.4) is 0 Å². The number of rotatable bonds is 5. The lowest BCUT2D eigenvalue weighted by molar-refractivity contribution is -0.136. The molecule has 84 valence electrons. The maximum Gasteiger partial charge on any atom is 0.305 e. The highest BCUT2D eigenvalue weighted by Crippen LogP contribution is 2.17. The average Bonchev–Trinajstić information content (AvgIpc) is 2.25. The molecule has 1 rings (SSSR count). The molecule has 0 unspecified atom stereocenters. The number of terminal acetylenes is 1. The summed E-state index contributed by atoms with van der Waals surface area (Å²) in [5.41, 5.74) is 0.878. The lowest BCUT2D eigenvalue weighted by Crippen LogP contribution is -2.26. The van der Waals surface area contributed by atoms with Gasteiger partial charge in [0.15, 0.2) is 0 Å². The Balaban J connectivity index is 2.73. The number of hydrogen-bond donors (Lipinski definition) is 1. The molecule has 0 aliphatic heterocycles. The van der Waals surface area contributed by atoms with E-state index in [-0.39, 0.29) is 6.42 Å². The van der Waals surface area contributed by atoms with E-state index in [1.165, 1.54) is 0 Å². The second-order valence-corrected chi connectivity index (χ2v) is 3.68. The maximum atomic E-state index is 10.5. The number of carboxylic acid groups (broad SMARTS) is 1. The fourth-order valence-corrected chi connectivity index (χ4v) is 1.42. The van der Waals surface area contributed by atoms with Crippen molar-refractivity contribution < 1.29 is 9.90 Å². The van der Waals surface area contributed by atoms with E-state index in [2.05, 4.69) is 5.92 Å². The second kappa shape index (κ2) is 6.04. The summed E-state index contributed by atoms with van der Waals surface area (Å²) in [4.78, 5) is 12.3. The van der Waals surface area contributed by atoms with Crippen molar-refractivity contribution in [3.8, 4) is 12.3 Å². The molecule has 0 fully saturated rings. The fraction of sp³-hybridized carbons (Fsp3) is 0.250. The van der Waals surface area contributed by atoms with Crippen LogP contribution in [-0.4, -0.2) is 24.2 Å². The zero-order valence-electron chi connectivity index (χ0n) is 8.69. The molecule has 0 spiro atoms. The van der Waals surface area contributed by atoms with Gasteiger partial charge in [0, 0.05) is 17.3 Å². The Kier molecular flexibility index (Phi) is 4.68. The molecule has 0 bridgehead atoms. The van der Waals surface area contributed by atoms with Gasteiger partial charge >= 0.3 is 5.97 Å². The van der Waals surface area contributed by atoms with Crippen LogP contribution in [0.25, 0.3) is 0 Å². The molecule has 1 N–H and O–H groups in total. The number of benzene rings is 1. The van der Waals surface area contributed by atoms with Gasteiger partial charge in [-0.15, -0.1) is 6.42 Å². The molecule has 0 aliphatic carbocycles. The van der Waals surface area contributed by atoms with Crippen LogP contribution in [0.15, 0.2) is 24.3 Å². The number of carbonyl (C=O) groups is 1. The summed E-state index contributed by atoms with van der Waals surface area (Å²) in [6, 6.07) is 7.14. The van der Waals surface area contributed by atoms with Crippen molar-refractivity contribution in [2.45, 2.75) is 6.42 Å². The zero-order chi connectivity index (χ0) is 12.0. The Labute approximate surface area is 99.6 Å². The number of halogens is 1. The van der Waals surface area contributed by atoms with E-state index in [0.29, 0.717) is 18.1 Å². The van der Waals surface area contributed by atoms with Gasteiger partial charge in [0.1, 0.15) is 0 Å². The molecule has 4 heteroatoms. The van der Waals surface area contributed by atoms with Crippen LogP contribution in [0.4, 0.5) is 5.69 Å². The van der Waals surface area contributed by atoms with E-state index in [1.54, 1.807) is 12.1 Å². The first-order chi connectivity index (χ1) is 7.63. The Morgan fingerprint density at radius 1 is 1.44 bits per heavy atom. The van der Waals surface area contributed by atoms with E-state index in [9.17, 15) is 4.79 Å². The van der Waals surface area contributed by atoms with Crippen LogP contribution in [-0.2, 0) is 4.79 Å². The molecule has 16 heavy (non-hydrogen) atoms. The van der Waals surface area contributed by atoms with E-state index >= 15 is 0 Å². The van der Waals surface area contributed by atoms with Gasteiger partial charge < -0.3 is 10.0 Å². The summed E-state index contributed by atoms with van der Waals surface area (Å²) < 4.78 is 0. The topological polar surface area (TPSA) is 40.5 Å². The summed E-state index contributed by atoms with van der Waals surface area (Å²) in [6.45, 7) is 0.774. The van der Waals surface area contributed by atoms with Crippen LogP contribution in [0.1, 0.15) is 6.42 Å². The molecular formula is C12H12ClNO2. The SMILES string of the molecule is C#CCN(CCC(=O)O)c1ccc(Cl)cc1. The van der Waals surface area contributed by atoms with Gasteiger partial charge in [-0.2, -0.15) is 0 Å².